The van der Waals surface area contributed by atoms with Crippen molar-refractivity contribution in [3.8, 4) is 0 Å². The van der Waals surface area contributed by atoms with Gasteiger partial charge in [-0.25, -0.2) is 4.98 Å². The average Bonchev–Trinajstić information content (AvgIpc) is 3.04. The number of nitrogens with zero attached hydrogens (tertiary/aromatic N) is 4. The summed E-state index contributed by atoms with van der Waals surface area (Å²) in [6.45, 7) is 8.73. The number of fused-ring (bicyclic) bond motifs is 1. The van der Waals surface area contributed by atoms with Crippen molar-refractivity contribution in [3.05, 3.63) is 47.9 Å². The van der Waals surface area contributed by atoms with E-state index in [9.17, 15) is 24.5 Å². The third kappa shape index (κ3) is 5.06. The molecule has 2 heterocycles. The van der Waals surface area contributed by atoms with E-state index in [0.29, 0.717) is 29.4 Å². The van der Waals surface area contributed by atoms with E-state index in [1.807, 2.05) is 20.8 Å². The molecule has 2 N–H and O–H groups in total. The van der Waals surface area contributed by atoms with Crippen LogP contribution in [0.4, 0.5) is 25.2 Å². The van der Waals surface area contributed by atoms with Gasteiger partial charge in [0.2, 0.25) is 0 Å². The van der Waals surface area contributed by atoms with E-state index in [-0.39, 0.29) is 11.0 Å². The molecule has 0 spiro atoms. The molecule has 12 heteroatoms. The third-order valence-corrected chi connectivity index (χ3v) is 5.84. The van der Waals surface area contributed by atoms with E-state index < -0.39 is 26.8 Å². The molecule has 0 saturated carbocycles. The zero-order chi connectivity index (χ0) is 23.5. The van der Waals surface area contributed by atoms with Crippen LogP contribution in [0.5, 0.6) is 0 Å². The van der Waals surface area contributed by atoms with E-state index in [0.717, 1.165) is 12.1 Å². The summed E-state index contributed by atoms with van der Waals surface area (Å²) in [4.78, 5) is 6.54. The highest BCUT2D eigenvalue weighted by atomic mass is 32.5. The quantitative estimate of drug-likeness (QED) is 0.452. The SMILES string of the molecule is CC(C)(C)c1cc(NC(c2ccc(S(F)(F)(F)(F)F)cc2)C(C)(C)O)n2ncnc2n1. The topological polar surface area (TPSA) is 75.3 Å². The fourth-order valence-electron chi connectivity index (χ4n) is 3.03. The van der Waals surface area contributed by atoms with Crippen molar-refractivity contribution >= 4 is 21.8 Å². The first-order chi connectivity index (χ1) is 13.8. The van der Waals surface area contributed by atoms with Gasteiger partial charge in [-0.3, -0.25) is 0 Å². The van der Waals surface area contributed by atoms with E-state index in [4.69, 9.17) is 0 Å². The Hall–Kier alpha value is -2.47. The number of hydrogen-bond donors (Lipinski definition) is 2. The third-order valence-electron chi connectivity index (χ3n) is 4.68. The molecule has 6 nitrogen and oxygen atoms in total. The molecule has 172 valence electrons. The fourth-order valence-corrected chi connectivity index (χ4v) is 3.68. The van der Waals surface area contributed by atoms with Crippen LogP contribution in [-0.2, 0) is 5.41 Å². The van der Waals surface area contributed by atoms with Gasteiger partial charge < -0.3 is 10.4 Å². The first kappa shape index (κ1) is 23.2. The fraction of sp³-hybridized carbons (Fsp3) is 0.421. The molecule has 0 amide bonds. The average molecular weight is 465 g/mol. The van der Waals surface area contributed by atoms with Crippen LogP contribution in [0, 0.1) is 0 Å². The first-order valence-corrected chi connectivity index (χ1v) is 11.2. The molecule has 0 saturated heterocycles. The maximum absolute atomic E-state index is 13.1. The van der Waals surface area contributed by atoms with Crippen molar-refractivity contribution in [2.24, 2.45) is 0 Å². The molecule has 0 aliphatic carbocycles. The Morgan fingerprint density at radius 1 is 1.00 bits per heavy atom. The highest BCUT2D eigenvalue weighted by Gasteiger charge is 2.65. The zero-order valence-corrected chi connectivity index (χ0v) is 18.4. The molecular weight excluding hydrogens is 441 g/mol. The predicted molar refractivity (Wildman–Crippen MR) is 110 cm³/mol. The summed E-state index contributed by atoms with van der Waals surface area (Å²) in [7, 11) is -9.79. The number of aliphatic hydroxyl groups is 1. The van der Waals surface area contributed by atoms with Gasteiger partial charge in [-0.15, -0.1) is 0 Å². The molecule has 31 heavy (non-hydrogen) atoms. The number of benzene rings is 1. The van der Waals surface area contributed by atoms with Crippen LogP contribution in [0.2, 0.25) is 0 Å². The van der Waals surface area contributed by atoms with Gasteiger partial charge in [-0.05, 0) is 31.5 Å². The van der Waals surface area contributed by atoms with Crippen LogP contribution in [0.15, 0.2) is 41.6 Å². The Morgan fingerprint density at radius 2 is 1.58 bits per heavy atom. The largest absolute Gasteiger partial charge is 0.388 e. The lowest BCUT2D eigenvalue weighted by atomic mass is 9.90. The number of aromatic nitrogens is 4. The highest BCUT2D eigenvalue weighted by Crippen LogP contribution is 3.02. The number of rotatable bonds is 5. The summed E-state index contributed by atoms with van der Waals surface area (Å²) in [6.07, 6.45) is 1.29. The predicted octanol–water partition coefficient (Wildman–Crippen LogP) is 6.00. The lowest BCUT2D eigenvalue weighted by molar-refractivity contribution is 0.0587. The molecule has 2 aromatic heterocycles. The van der Waals surface area contributed by atoms with Crippen molar-refractivity contribution in [3.63, 3.8) is 0 Å². The number of anilines is 1. The molecule has 0 aliphatic heterocycles. The van der Waals surface area contributed by atoms with E-state index >= 15 is 0 Å². The van der Waals surface area contributed by atoms with Crippen molar-refractivity contribution in [1.82, 2.24) is 19.6 Å². The Bertz CT molecular complexity index is 1120. The van der Waals surface area contributed by atoms with Gasteiger partial charge in [0.05, 0.1) is 17.3 Å². The smallest absolute Gasteiger partial charge is 0.310 e. The molecule has 1 atom stereocenters. The molecule has 1 aromatic carbocycles. The van der Waals surface area contributed by atoms with Crippen molar-refractivity contribution in [1.29, 1.82) is 0 Å². The molecule has 0 fully saturated rings. The molecule has 0 radical (unpaired) electrons. The van der Waals surface area contributed by atoms with Crippen molar-refractivity contribution in [2.45, 2.75) is 56.6 Å². The van der Waals surface area contributed by atoms with E-state index in [1.165, 1.54) is 24.7 Å². The lowest BCUT2D eigenvalue weighted by Gasteiger charge is -2.40. The molecule has 1 unspecified atom stereocenters. The summed E-state index contributed by atoms with van der Waals surface area (Å²) in [5.74, 6) is 0.678. The van der Waals surface area contributed by atoms with Crippen LogP contribution < -0.4 is 5.32 Å². The number of nitrogens with one attached hydrogen (secondary N) is 1. The lowest BCUT2D eigenvalue weighted by Crippen LogP contribution is -2.35. The minimum atomic E-state index is -9.79. The van der Waals surface area contributed by atoms with Gasteiger partial charge in [0.1, 0.15) is 17.0 Å². The first-order valence-electron chi connectivity index (χ1n) is 9.30. The molecule has 0 bridgehead atoms. The molecule has 3 aromatic rings. The second-order valence-electron chi connectivity index (χ2n) is 9.02. The van der Waals surface area contributed by atoms with Gasteiger partial charge in [0.25, 0.3) is 5.78 Å². The van der Waals surface area contributed by atoms with Crippen LogP contribution >= 0.6 is 10.2 Å². The summed E-state index contributed by atoms with van der Waals surface area (Å²) in [5, 5.41) is 17.8. The molecule has 3 rings (SSSR count). The number of halogens is 5. The van der Waals surface area contributed by atoms with Crippen molar-refractivity contribution < 1.29 is 24.5 Å². The second kappa shape index (κ2) is 6.28. The summed E-state index contributed by atoms with van der Waals surface area (Å²) in [5.41, 5.74) is -0.979. The van der Waals surface area contributed by atoms with E-state index in [1.54, 1.807) is 6.07 Å². The van der Waals surface area contributed by atoms with Crippen molar-refractivity contribution in [2.75, 3.05) is 5.32 Å². The summed E-state index contributed by atoms with van der Waals surface area (Å²) >= 11 is 0. The van der Waals surface area contributed by atoms with Gasteiger partial charge in [-0.1, -0.05) is 52.3 Å². The Kier molecular flexibility index (Phi) is 4.70. The van der Waals surface area contributed by atoms with Crippen LogP contribution in [0.25, 0.3) is 5.78 Å². The minimum Gasteiger partial charge on any atom is -0.388 e. The minimum absolute atomic E-state index is 0.181. The van der Waals surface area contributed by atoms with E-state index in [2.05, 4.69) is 20.4 Å². The molecule has 0 aliphatic rings. The maximum atomic E-state index is 13.1. The second-order valence-corrected chi connectivity index (χ2v) is 11.4. The monoisotopic (exact) mass is 465 g/mol. The van der Waals surface area contributed by atoms with Crippen LogP contribution in [0.1, 0.15) is 51.9 Å². The standard InChI is InChI=1S/C19H24F5N5OS/c1-18(2,3)14-10-15(29-17(27-14)25-11-26-29)28-16(19(4,5)30)12-6-8-13(9-7-12)31(20,21,22,23)24/h6-11,16,28,30H,1-5H3. The summed E-state index contributed by atoms with van der Waals surface area (Å²) < 4.78 is 66.7. The van der Waals surface area contributed by atoms with Gasteiger partial charge in [0, 0.05) is 11.5 Å². The Morgan fingerprint density at radius 3 is 2.06 bits per heavy atom. The summed E-state index contributed by atoms with van der Waals surface area (Å²) in [6, 6.07) is 3.25. The van der Waals surface area contributed by atoms with Gasteiger partial charge >= 0.3 is 10.2 Å². The maximum Gasteiger partial charge on any atom is 0.310 e. The van der Waals surface area contributed by atoms with Crippen LogP contribution in [-0.4, -0.2) is 30.3 Å². The van der Waals surface area contributed by atoms with Crippen LogP contribution in [0.3, 0.4) is 0 Å². The van der Waals surface area contributed by atoms with Gasteiger partial charge in [0.15, 0.2) is 0 Å². The zero-order valence-electron chi connectivity index (χ0n) is 17.6. The number of hydrogen-bond acceptors (Lipinski definition) is 5. The Labute approximate surface area is 176 Å². The Balaban J connectivity index is 2.08. The van der Waals surface area contributed by atoms with Gasteiger partial charge in [-0.2, -0.15) is 14.6 Å². The normalized spacial score (nSPS) is 16.6. The highest BCUT2D eigenvalue weighted by molar-refractivity contribution is 8.45. The molecular formula is C19H24F5N5OS.